The Labute approximate surface area is 240 Å². The highest BCUT2D eigenvalue weighted by Gasteiger charge is 2.30. The van der Waals surface area contributed by atoms with Crippen molar-refractivity contribution < 1.29 is 27.5 Å². The van der Waals surface area contributed by atoms with E-state index in [0.717, 1.165) is 43.0 Å². The van der Waals surface area contributed by atoms with Gasteiger partial charge in [-0.15, -0.1) is 0 Å². The van der Waals surface area contributed by atoms with Gasteiger partial charge in [-0.2, -0.15) is 13.2 Å². The number of benzene rings is 2. The van der Waals surface area contributed by atoms with Gasteiger partial charge in [0, 0.05) is 42.3 Å². The van der Waals surface area contributed by atoms with Gasteiger partial charge in [-0.3, -0.25) is 9.36 Å². The van der Waals surface area contributed by atoms with Crippen molar-refractivity contribution in [2.75, 3.05) is 31.5 Å². The van der Waals surface area contributed by atoms with Gasteiger partial charge >= 0.3 is 12.2 Å². The first-order valence-electron chi connectivity index (χ1n) is 13.8. The van der Waals surface area contributed by atoms with Gasteiger partial charge in [0.15, 0.2) is 0 Å². The maximum Gasteiger partial charge on any atom is 0.416 e. The lowest BCUT2D eigenvalue weighted by molar-refractivity contribution is -0.137. The molecule has 4 aromatic rings. The van der Waals surface area contributed by atoms with Crippen LogP contribution >= 0.6 is 0 Å². The summed E-state index contributed by atoms with van der Waals surface area (Å²) in [6.07, 6.45) is -0.525. The third kappa shape index (κ3) is 6.38. The number of nitrogens with one attached hydrogen (secondary N) is 1. The minimum absolute atomic E-state index is 0.0364. The molecule has 0 spiro atoms. The molecule has 0 atom stereocenters. The van der Waals surface area contributed by atoms with Crippen molar-refractivity contribution in [1.29, 1.82) is 0 Å². The number of rotatable bonds is 8. The minimum Gasteiger partial charge on any atom is -0.439 e. The average molecular weight is 581 g/mol. The quantitative estimate of drug-likeness (QED) is 0.277. The highest BCUT2D eigenvalue weighted by atomic mass is 19.4. The SMILES string of the molecule is CCN(CC)CCC(=O)N1CCc2c(ncnc2Oc2ccc3c(ccn3C(=O)Nc3cccc(C(F)(F)F)c3)c2)C1. The van der Waals surface area contributed by atoms with Gasteiger partial charge in [-0.25, -0.2) is 14.8 Å². The van der Waals surface area contributed by atoms with Gasteiger partial charge in [0.2, 0.25) is 11.8 Å². The van der Waals surface area contributed by atoms with Crippen LogP contribution in [0.4, 0.5) is 23.7 Å². The predicted octanol–water partition coefficient (Wildman–Crippen LogP) is 5.94. The molecule has 2 aromatic carbocycles. The highest BCUT2D eigenvalue weighted by molar-refractivity contribution is 5.98. The van der Waals surface area contributed by atoms with Crippen LogP contribution in [0.5, 0.6) is 11.6 Å². The Morgan fingerprint density at radius 3 is 2.64 bits per heavy atom. The number of hydrogen-bond acceptors (Lipinski definition) is 6. The van der Waals surface area contributed by atoms with Crippen LogP contribution in [0.3, 0.4) is 0 Å². The third-order valence-electron chi connectivity index (χ3n) is 7.39. The van der Waals surface area contributed by atoms with E-state index in [1.165, 1.54) is 29.2 Å². The van der Waals surface area contributed by atoms with Crippen LogP contribution in [-0.4, -0.2) is 62.5 Å². The first kappa shape index (κ1) is 29.1. The molecule has 0 saturated heterocycles. The molecule has 5 rings (SSSR count). The van der Waals surface area contributed by atoms with Crippen LogP contribution in [0.25, 0.3) is 10.9 Å². The molecule has 12 heteroatoms. The molecule has 1 N–H and O–H groups in total. The number of carbonyl (C=O) groups excluding carboxylic acids is 2. The molecule has 0 fully saturated rings. The number of amides is 2. The maximum absolute atomic E-state index is 13.0. The molecular formula is C30H31F3N6O3. The van der Waals surface area contributed by atoms with Crippen molar-refractivity contribution in [3.05, 3.63) is 77.9 Å². The maximum atomic E-state index is 13.0. The topological polar surface area (TPSA) is 92.6 Å². The van der Waals surface area contributed by atoms with Crippen molar-refractivity contribution in [1.82, 2.24) is 24.3 Å². The first-order chi connectivity index (χ1) is 20.2. The number of alkyl halides is 3. The van der Waals surface area contributed by atoms with Crippen molar-refractivity contribution in [3.8, 4) is 11.6 Å². The summed E-state index contributed by atoms with van der Waals surface area (Å²) in [5.74, 6) is 1.01. The second kappa shape index (κ2) is 12.2. The minimum atomic E-state index is -4.51. The van der Waals surface area contributed by atoms with E-state index in [1.54, 1.807) is 24.3 Å². The zero-order valence-electron chi connectivity index (χ0n) is 23.3. The van der Waals surface area contributed by atoms with Gasteiger partial charge in [0.05, 0.1) is 23.3 Å². The zero-order chi connectivity index (χ0) is 29.9. The molecule has 1 aliphatic heterocycles. The largest absolute Gasteiger partial charge is 0.439 e. The van der Waals surface area contributed by atoms with Gasteiger partial charge in [0.25, 0.3) is 0 Å². The van der Waals surface area contributed by atoms with Crippen LogP contribution < -0.4 is 10.1 Å². The van der Waals surface area contributed by atoms with E-state index in [0.29, 0.717) is 48.5 Å². The van der Waals surface area contributed by atoms with Crippen LogP contribution in [0.2, 0.25) is 0 Å². The molecule has 42 heavy (non-hydrogen) atoms. The van der Waals surface area contributed by atoms with Gasteiger partial charge in [-0.05, 0) is 62.0 Å². The van der Waals surface area contributed by atoms with E-state index < -0.39 is 17.8 Å². The average Bonchev–Trinajstić information content (AvgIpc) is 3.41. The summed E-state index contributed by atoms with van der Waals surface area (Å²) in [4.78, 5) is 38.4. The van der Waals surface area contributed by atoms with Crippen molar-refractivity contribution in [2.45, 2.75) is 39.4 Å². The van der Waals surface area contributed by atoms with E-state index >= 15 is 0 Å². The Kier molecular flexibility index (Phi) is 8.44. The Morgan fingerprint density at radius 2 is 1.88 bits per heavy atom. The normalized spacial score (nSPS) is 13.3. The van der Waals surface area contributed by atoms with E-state index in [2.05, 4.69) is 34.0 Å². The lowest BCUT2D eigenvalue weighted by Crippen LogP contribution is -2.38. The van der Waals surface area contributed by atoms with E-state index in [1.807, 2.05) is 4.90 Å². The monoisotopic (exact) mass is 580 g/mol. The third-order valence-corrected chi connectivity index (χ3v) is 7.39. The fourth-order valence-electron chi connectivity index (χ4n) is 5.01. The number of fused-ring (bicyclic) bond motifs is 2. The number of halogens is 3. The van der Waals surface area contributed by atoms with E-state index in [4.69, 9.17) is 4.74 Å². The molecule has 0 bridgehead atoms. The molecule has 3 heterocycles. The van der Waals surface area contributed by atoms with Gasteiger partial charge in [-0.1, -0.05) is 19.9 Å². The Hall–Kier alpha value is -4.45. The number of ether oxygens (including phenoxy) is 1. The van der Waals surface area contributed by atoms with E-state index in [-0.39, 0.29) is 11.6 Å². The van der Waals surface area contributed by atoms with Crippen LogP contribution in [0.1, 0.15) is 37.1 Å². The summed E-state index contributed by atoms with van der Waals surface area (Å²) in [7, 11) is 0. The number of hydrogen-bond donors (Lipinski definition) is 1. The molecule has 9 nitrogen and oxygen atoms in total. The molecule has 0 radical (unpaired) electrons. The zero-order valence-corrected chi connectivity index (χ0v) is 23.3. The van der Waals surface area contributed by atoms with Crippen molar-refractivity contribution in [3.63, 3.8) is 0 Å². The molecule has 0 unspecified atom stereocenters. The first-order valence-corrected chi connectivity index (χ1v) is 13.8. The highest BCUT2D eigenvalue weighted by Crippen LogP contribution is 2.32. The fourth-order valence-corrected chi connectivity index (χ4v) is 5.01. The fraction of sp³-hybridized carbons (Fsp3) is 0.333. The Morgan fingerprint density at radius 1 is 1.07 bits per heavy atom. The second-order valence-corrected chi connectivity index (χ2v) is 9.96. The summed E-state index contributed by atoms with van der Waals surface area (Å²) >= 11 is 0. The number of anilines is 1. The van der Waals surface area contributed by atoms with E-state index in [9.17, 15) is 22.8 Å². The lowest BCUT2D eigenvalue weighted by Gasteiger charge is -2.29. The summed E-state index contributed by atoms with van der Waals surface area (Å²) in [5, 5.41) is 3.21. The molecular weight excluding hydrogens is 549 g/mol. The van der Waals surface area contributed by atoms with Crippen molar-refractivity contribution >= 4 is 28.5 Å². The molecule has 2 aromatic heterocycles. The van der Waals surface area contributed by atoms with Gasteiger partial charge in [0.1, 0.15) is 12.1 Å². The van der Waals surface area contributed by atoms with Crippen LogP contribution in [0.15, 0.2) is 61.1 Å². The standard InChI is InChI=1S/C30H31F3N6O3/c1-3-37(4-2)13-12-27(40)38-14-11-24-25(18-38)34-19-35-28(24)42-23-8-9-26-20(16-23)10-15-39(26)29(41)36-22-7-5-6-21(17-22)30(31,32)33/h5-10,15-17,19H,3-4,11-14,18H2,1-2H3,(H,36,41). The van der Waals surface area contributed by atoms with Crippen LogP contribution in [-0.2, 0) is 23.9 Å². The molecule has 220 valence electrons. The van der Waals surface area contributed by atoms with Gasteiger partial charge < -0.3 is 19.9 Å². The molecule has 0 saturated carbocycles. The Bertz CT molecular complexity index is 1600. The summed E-state index contributed by atoms with van der Waals surface area (Å²) in [6, 6.07) is 10.7. The smallest absolute Gasteiger partial charge is 0.416 e. The summed E-state index contributed by atoms with van der Waals surface area (Å²) in [6.45, 7) is 7.65. The molecule has 0 aliphatic carbocycles. The van der Waals surface area contributed by atoms with Crippen LogP contribution in [0, 0.1) is 0 Å². The summed E-state index contributed by atoms with van der Waals surface area (Å²) < 4.78 is 46.6. The Balaban J connectivity index is 1.27. The second-order valence-electron chi connectivity index (χ2n) is 9.96. The summed E-state index contributed by atoms with van der Waals surface area (Å²) in [5.41, 5.74) is 1.34. The van der Waals surface area contributed by atoms with Crippen molar-refractivity contribution in [2.24, 2.45) is 0 Å². The number of aromatic nitrogens is 3. The number of carbonyl (C=O) groups is 2. The molecule has 1 aliphatic rings. The molecule has 2 amide bonds. The lowest BCUT2D eigenvalue weighted by atomic mass is 10.1. The number of nitrogens with zero attached hydrogens (tertiary/aromatic N) is 5. The predicted molar refractivity (Wildman–Crippen MR) is 151 cm³/mol.